The molecular formula is C12H22O2. The molecule has 0 spiro atoms. The van der Waals surface area contributed by atoms with Crippen LogP contribution < -0.4 is 0 Å². The third-order valence-electron chi connectivity index (χ3n) is 3.96. The summed E-state index contributed by atoms with van der Waals surface area (Å²) in [5.74, 6) is 1.32. The highest BCUT2D eigenvalue weighted by atomic mass is 16.5. The van der Waals surface area contributed by atoms with E-state index in [1.807, 2.05) is 0 Å². The Bertz CT molecular complexity index is 181. The van der Waals surface area contributed by atoms with Crippen LogP contribution in [-0.2, 0) is 4.74 Å². The molecule has 0 aromatic heterocycles. The van der Waals surface area contributed by atoms with Gasteiger partial charge in [0.05, 0.1) is 13.2 Å². The summed E-state index contributed by atoms with van der Waals surface area (Å²) in [7, 11) is 0. The number of hydrogen-bond acceptors (Lipinski definition) is 2. The number of ether oxygens (including phenoxy) is 1. The molecule has 14 heavy (non-hydrogen) atoms. The minimum absolute atomic E-state index is 0.371. The zero-order valence-electron chi connectivity index (χ0n) is 9.17. The minimum Gasteiger partial charge on any atom is -0.396 e. The van der Waals surface area contributed by atoms with E-state index in [2.05, 4.69) is 6.92 Å². The number of rotatable bonds is 4. The third-order valence-corrected chi connectivity index (χ3v) is 3.96. The van der Waals surface area contributed by atoms with Crippen LogP contribution in [0.5, 0.6) is 0 Å². The summed E-state index contributed by atoms with van der Waals surface area (Å²) in [4.78, 5) is 0. The van der Waals surface area contributed by atoms with Crippen molar-refractivity contribution in [3.8, 4) is 0 Å². The SMILES string of the molecule is CC1(CC(CO)C2CCCC2)COC1. The predicted molar refractivity (Wildman–Crippen MR) is 56.1 cm³/mol. The van der Waals surface area contributed by atoms with Crippen LogP contribution in [0, 0.1) is 17.3 Å². The van der Waals surface area contributed by atoms with Crippen LogP contribution in [0.4, 0.5) is 0 Å². The van der Waals surface area contributed by atoms with Crippen molar-refractivity contribution in [1.29, 1.82) is 0 Å². The second-order valence-corrected chi connectivity index (χ2v) is 5.49. The molecule has 0 bridgehead atoms. The maximum Gasteiger partial charge on any atom is 0.0542 e. The lowest BCUT2D eigenvalue weighted by atomic mass is 9.75. The second kappa shape index (κ2) is 4.19. The van der Waals surface area contributed by atoms with Crippen LogP contribution in [0.1, 0.15) is 39.0 Å². The maximum absolute atomic E-state index is 9.43. The molecule has 0 amide bonds. The maximum atomic E-state index is 9.43. The van der Waals surface area contributed by atoms with Gasteiger partial charge in [0.25, 0.3) is 0 Å². The van der Waals surface area contributed by atoms with Gasteiger partial charge in [-0.05, 0) is 18.3 Å². The molecule has 1 unspecified atom stereocenters. The van der Waals surface area contributed by atoms with E-state index in [1.165, 1.54) is 25.7 Å². The lowest BCUT2D eigenvalue weighted by Crippen LogP contribution is -2.42. The predicted octanol–water partition coefficient (Wildman–Crippen LogP) is 2.21. The Labute approximate surface area is 86.6 Å². The van der Waals surface area contributed by atoms with Crippen LogP contribution in [0.15, 0.2) is 0 Å². The van der Waals surface area contributed by atoms with Crippen molar-refractivity contribution in [3.05, 3.63) is 0 Å². The molecule has 2 nitrogen and oxygen atoms in total. The fraction of sp³-hybridized carbons (Fsp3) is 1.00. The second-order valence-electron chi connectivity index (χ2n) is 5.49. The smallest absolute Gasteiger partial charge is 0.0542 e. The lowest BCUT2D eigenvalue weighted by Gasteiger charge is -2.41. The first-order valence-electron chi connectivity index (χ1n) is 5.92. The fourth-order valence-corrected chi connectivity index (χ4v) is 3.01. The Balaban J connectivity index is 1.85. The van der Waals surface area contributed by atoms with Crippen LogP contribution >= 0.6 is 0 Å². The highest BCUT2D eigenvalue weighted by Crippen LogP contribution is 2.40. The molecule has 82 valence electrons. The molecular weight excluding hydrogens is 176 g/mol. The molecule has 1 N–H and O–H groups in total. The first-order valence-corrected chi connectivity index (χ1v) is 5.92. The van der Waals surface area contributed by atoms with E-state index in [1.54, 1.807) is 0 Å². The Kier molecular flexibility index (Phi) is 3.13. The molecule has 2 heteroatoms. The molecule has 0 radical (unpaired) electrons. The van der Waals surface area contributed by atoms with Gasteiger partial charge < -0.3 is 9.84 Å². The first kappa shape index (κ1) is 10.4. The highest BCUT2D eigenvalue weighted by Gasteiger charge is 2.38. The van der Waals surface area contributed by atoms with Gasteiger partial charge in [0.15, 0.2) is 0 Å². The quantitative estimate of drug-likeness (QED) is 0.750. The average molecular weight is 198 g/mol. The van der Waals surface area contributed by atoms with E-state index < -0.39 is 0 Å². The minimum atomic E-state index is 0.371. The molecule has 2 fully saturated rings. The topological polar surface area (TPSA) is 29.5 Å². The lowest BCUT2D eigenvalue weighted by molar-refractivity contribution is -0.119. The Morgan fingerprint density at radius 2 is 2.00 bits per heavy atom. The van der Waals surface area contributed by atoms with Gasteiger partial charge in [-0.25, -0.2) is 0 Å². The molecule has 1 heterocycles. The van der Waals surface area contributed by atoms with Crippen LogP contribution in [0.3, 0.4) is 0 Å². The van der Waals surface area contributed by atoms with E-state index in [-0.39, 0.29) is 0 Å². The summed E-state index contributed by atoms with van der Waals surface area (Å²) in [6.45, 7) is 4.46. The van der Waals surface area contributed by atoms with E-state index in [4.69, 9.17) is 4.74 Å². The monoisotopic (exact) mass is 198 g/mol. The van der Waals surface area contributed by atoms with Gasteiger partial charge in [0, 0.05) is 12.0 Å². The molecule has 1 atom stereocenters. The summed E-state index contributed by atoms with van der Waals surface area (Å²) >= 11 is 0. The van der Waals surface area contributed by atoms with Gasteiger partial charge >= 0.3 is 0 Å². The Hall–Kier alpha value is -0.0800. The zero-order valence-corrected chi connectivity index (χ0v) is 9.17. The molecule has 1 saturated carbocycles. The van der Waals surface area contributed by atoms with Crippen molar-refractivity contribution in [2.45, 2.75) is 39.0 Å². The van der Waals surface area contributed by atoms with Crippen molar-refractivity contribution >= 4 is 0 Å². The average Bonchev–Trinajstić information content (AvgIpc) is 2.64. The zero-order chi connectivity index (χ0) is 10.0. The van der Waals surface area contributed by atoms with Gasteiger partial charge in [0.1, 0.15) is 0 Å². The third kappa shape index (κ3) is 2.12. The molecule has 1 aliphatic carbocycles. The van der Waals surface area contributed by atoms with E-state index >= 15 is 0 Å². The van der Waals surface area contributed by atoms with Crippen molar-refractivity contribution in [1.82, 2.24) is 0 Å². The molecule has 0 aromatic carbocycles. The summed E-state index contributed by atoms with van der Waals surface area (Å²) < 4.78 is 5.26. The summed E-state index contributed by atoms with van der Waals surface area (Å²) in [5, 5.41) is 9.43. The van der Waals surface area contributed by atoms with Gasteiger partial charge in [0.2, 0.25) is 0 Å². The van der Waals surface area contributed by atoms with Gasteiger partial charge in [-0.2, -0.15) is 0 Å². The van der Waals surface area contributed by atoms with Gasteiger partial charge in [-0.3, -0.25) is 0 Å². The summed E-state index contributed by atoms with van der Waals surface area (Å²) in [5.41, 5.74) is 0.371. The number of aliphatic hydroxyl groups is 1. The summed E-state index contributed by atoms with van der Waals surface area (Å²) in [6, 6.07) is 0. The van der Waals surface area contributed by atoms with Gasteiger partial charge in [-0.15, -0.1) is 0 Å². The van der Waals surface area contributed by atoms with E-state index in [0.29, 0.717) is 17.9 Å². The molecule has 0 aromatic rings. The summed E-state index contributed by atoms with van der Waals surface area (Å²) in [6.07, 6.45) is 6.57. The standard InChI is InChI=1S/C12H22O2/c1-12(8-14-9-12)6-11(7-13)10-4-2-3-5-10/h10-11,13H,2-9H2,1H3. The van der Waals surface area contributed by atoms with Crippen LogP contribution in [0.2, 0.25) is 0 Å². The molecule has 1 saturated heterocycles. The number of aliphatic hydroxyl groups excluding tert-OH is 1. The highest BCUT2D eigenvalue weighted by molar-refractivity contribution is 4.86. The Morgan fingerprint density at radius 1 is 1.36 bits per heavy atom. The normalized spacial score (nSPS) is 28.7. The molecule has 2 aliphatic rings. The Morgan fingerprint density at radius 3 is 2.43 bits per heavy atom. The van der Waals surface area contributed by atoms with Crippen LogP contribution in [-0.4, -0.2) is 24.9 Å². The van der Waals surface area contributed by atoms with Crippen LogP contribution in [0.25, 0.3) is 0 Å². The van der Waals surface area contributed by atoms with Crippen molar-refractivity contribution in [3.63, 3.8) is 0 Å². The van der Waals surface area contributed by atoms with E-state index in [9.17, 15) is 5.11 Å². The van der Waals surface area contributed by atoms with Gasteiger partial charge in [-0.1, -0.05) is 32.6 Å². The fourth-order valence-electron chi connectivity index (χ4n) is 3.01. The first-order chi connectivity index (χ1) is 6.73. The largest absolute Gasteiger partial charge is 0.396 e. The molecule has 2 rings (SSSR count). The van der Waals surface area contributed by atoms with Crippen molar-refractivity contribution in [2.24, 2.45) is 17.3 Å². The van der Waals surface area contributed by atoms with E-state index in [0.717, 1.165) is 25.6 Å². The molecule has 1 aliphatic heterocycles. The number of hydrogen-bond donors (Lipinski definition) is 1. The van der Waals surface area contributed by atoms with Crippen molar-refractivity contribution in [2.75, 3.05) is 19.8 Å². The van der Waals surface area contributed by atoms with Crippen molar-refractivity contribution < 1.29 is 9.84 Å².